The zero-order valence-corrected chi connectivity index (χ0v) is 13.9. The van der Waals surface area contributed by atoms with Crippen LogP contribution in [-0.2, 0) is 4.79 Å². The van der Waals surface area contributed by atoms with E-state index in [4.69, 9.17) is 23.1 Å². The summed E-state index contributed by atoms with van der Waals surface area (Å²) in [5.74, 6) is -0.296. The van der Waals surface area contributed by atoms with Gasteiger partial charge in [-0.1, -0.05) is 31.5 Å². The Bertz CT molecular complexity index is 548. The van der Waals surface area contributed by atoms with Crippen molar-refractivity contribution in [2.45, 2.75) is 25.8 Å². The molecule has 2 atom stereocenters. The summed E-state index contributed by atoms with van der Waals surface area (Å²) in [4.78, 5) is 28.0. The minimum atomic E-state index is -0.750. The van der Waals surface area contributed by atoms with Crippen LogP contribution in [0.15, 0.2) is 35.3 Å². The first kappa shape index (κ1) is 19.0. The fraction of sp³-hybridized carbons (Fsp3) is 0.438. The van der Waals surface area contributed by atoms with E-state index >= 15 is 0 Å². The van der Waals surface area contributed by atoms with Crippen LogP contribution in [-0.4, -0.2) is 36.1 Å². The molecule has 1 aromatic carbocycles. The van der Waals surface area contributed by atoms with E-state index in [1.807, 2.05) is 13.0 Å². The summed E-state index contributed by atoms with van der Waals surface area (Å²) in [6.45, 7) is 2.42. The molecular weight excluding hydrogens is 316 g/mol. The molecule has 1 aromatic rings. The SMILES string of the molecule is CCC(CN=C(N)CCl)CC(NC(=O)c1ccccc1)C(N)=O. The summed E-state index contributed by atoms with van der Waals surface area (Å²) in [5.41, 5.74) is 11.5. The molecule has 0 aromatic heterocycles. The molecule has 0 spiro atoms. The topological polar surface area (TPSA) is 111 Å². The van der Waals surface area contributed by atoms with E-state index in [9.17, 15) is 9.59 Å². The largest absolute Gasteiger partial charge is 0.386 e. The summed E-state index contributed by atoms with van der Waals surface area (Å²) < 4.78 is 0. The van der Waals surface area contributed by atoms with Crippen molar-refractivity contribution in [3.63, 3.8) is 0 Å². The van der Waals surface area contributed by atoms with Crippen molar-refractivity contribution in [2.75, 3.05) is 12.4 Å². The third kappa shape index (κ3) is 6.69. The third-order valence-corrected chi connectivity index (χ3v) is 3.79. The molecule has 5 N–H and O–H groups in total. The van der Waals surface area contributed by atoms with E-state index in [-0.39, 0.29) is 17.7 Å². The van der Waals surface area contributed by atoms with E-state index in [0.29, 0.717) is 24.4 Å². The minimum Gasteiger partial charge on any atom is -0.386 e. The summed E-state index contributed by atoms with van der Waals surface area (Å²) in [6.07, 6.45) is 1.19. The second-order valence-electron chi connectivity index (χ2n) is 5.27. The number of alkyl halides is 1. The molecule has 0 aliphatic carbocycles. The van der Waals surface area contributed by atoms with E-state index in [0.717, 1.165) is 6.42 Å². The molecule has 0 radical (unpaired) electrons. The van der Waals surface area contributed by atoms with Gasteiger partial charge in [-0.25, -0.2) is 0 Å². The average molecular weight is 339 g/mol. The molecule has 1 rings (SSSR count). The van der Waals surface area contributed by atoms with E-state index in [2.05, 4.69) is 10.3 Å². The number of benzene rings is 1. The molecule has 2 unspecified atom stereocenters. The lowest BCUT2D eigenvalue weighted by molar-refractivity contribution is -0.120. The molecular formula is C16H23ClN4O2. The Morgan fingerprint density at radius 2 is 1.91 bits per heavy atom. The van der Waals surface area contributed by atoms with Gasteiger partial charge in [0.05, 0.1) is 5.88 Å². The second kappa shape index (κ2) is 9.84. The van der Waals surface area contributed by atoms with Gasteiger partial charge in [0.15, 0.2) is 0 Å². The van der Waals surface area contributed by atoms with E-state index in [1.54, 1.807) is 24.3 Å². The smallest absolute Gasteiger partial charge is 0.251 e. The van der Waals surface area contributed by atoms with Gasteiger partial charge in [-0.05, 0) is 24.5 Å². The van der Waals surface area contributed by atoms with Crippen molar-refractivity contribution in [1.29, 1.82) is 0 Å². The highest BCUT2D eigenvalue weighted by Crippen LogP contribution is 2.13. The molecule has 0 saturated carbocycles. The summed E-state index contributed by atoms with van der Waals surface area (Å²) in [6, 6.07) is 7.93. The highest BCUT2D eigenvalue weighted by Gasteiger charge is 2.22. The standard InChI is InChI=1S/C16H23ClN4O2/c1-2-11(10-20-14(18)9-17)8-13(15(19)22)21-16(23)12-6-4-3-5-7-12/h3-7,11,13H,2,8-10H2,1H3,(H2,18,20)(H2,19,22)(H,21,23). The number of nitrogens with one attached hydrogen (secondary N) is 1. The maximum atomic E-state index is 12.2. The van der Waals surface area contributed by atoms with Crippen LogP contribution in [0.5, 0.6) is 0 Å². The summed E-state index contributed by atoms with van der Waals surface area (Å²) in [5, 5.41) is 2.68. The van der Waals surface area contributed by atoms with Crippen molar-refractivity contribution in [3.8, 4) is 0 Å². The highest BCUT2D eigenvalue weighted by atomic mass is 35.5. The van der Waals surface area contributed by atoms with Crippen molar-refractivity contribution < 1.29 is 9.59 Å². The number of amidine groups is 1. The molecule has 0 aliphatic rings. The predicted octanol–water partition coefficient (Wildman–Crippen LogP) is 1.28. The number of primary amides is 1. The number of rotatable bonds is 9. The van der Waals surface area contributed by atoms with Crippen LogP contribution < -0.4 is 16.8 Å². The van der Waals surface area contributed by atoms with Gasteiger partial charge >= 0.3 is 0 Å². The van der Waals surface area contributed by atoms with Gasteiger partial charge in [-0.15, -0.1) is 11.6 Å². The lowest BCUT2D eigenvalue weighted by atomic mass is 9.96. The zero-order chi connectivity index (χ0) is 17.2. The molecule has 2 amide bonds. The number of halogens is 1. The van der Waals surface area contributed by atoms with Gasteiger partial charge in [0, 0.05) is 12.1 Å². The Labute approximate surface area is 141 Å². The van der Waals surface area contributed by atoms with E-state index in [1.165, 1.54) is 0 Å². The van der Waals surface area contributed by atoms with Crippen LogP contribution >= 0.6 is 11.6 Å². The van der Waals surface area contributed by atoms with E-state index < -0.39 is 11.9 Å². The van der Waals surface area contributed by atoms with Gasteiger partial charge in [-0.3, -0.25) is 14.6 Å². The lowest BCUT2D eigenvalue weighted by Crippen LogP contribution is -2.45. The first-order valence-electron chi connectivity index (χ1n) is 7.47. The molecule has 7 heteroatoms. The number of hydrogen-bond donors (Lipinski definition) is 3. The Kier molecular flexibility index (Phi) is 8.11. The number of carbonyl (C=O) groups excluding carboxylic acids is 2. The molecule has 23 heavy (non-hydrogen) atoms. The zero-order valence-electron chi connectivity index (χ0n) is 13.2. The quantitative estimate of drug-likeness (QED) is 0.358. The molecule has 0 heterocycles. The molecule has 0 bridgehead atoms. The minimum absolute atomic E-state index is 0.0744. The van der Waals surface area contributed by atoms with Gasteiger partial charge in [-0.2, -0.15) is 0 Å². The first-order valence-corrected chi connectivity index (χ1v) is 8.01. The van der Waals surface area contributed by atoms with Crippen LogP contribution in [0.3, 0.4) is 0 Å². The van der Waals surface area contributed by atoms with Gasteiger partial charge in [0.1, 0.15) is 11.9 Å². The summed E-state index contributed by atoms with van der Waals surface area (Å²) >= 11 is 5.58. The maximum Gasteiger partial charge on any atom is 0.251 e. The Morgan fingerprint density at radius 3 is 2.43 bits per heavy atom. The average Bonchev–Trinajstić information content (AvgIpc) is 2.57. The molecule has 0 aliphatic heterocycles. The molecule has 126 valence electrons. The number of amides is 2. The highest BCUT2D eigenvalue weighted by molar-refractivity contribution is 6.27. The van der Waals surface area contributed by atoms with Crippen LogP contribution in [0.2, 0.25) is 0 Å². The normalized spacial score (nSPS) is 14.1. The molecule has 6 nitrogen and oxygen atoms in total. The predicted molar refractivity (Wildman–Crippen MR) is 92.5 cm³/mol. The number of nitrogens with zero attached hydrogens (tertiary/aromatic N) is 1. The fourth-order valence-electron chi connectivity index (χ4n) is 2.07. The van der Waals surface area contributed by atoms with Crippen molar-refractivity contribution in [3.05, 3.63) is 35.9 Å². The van der Waals surface area contributed by atoms with Gasteiger partial charge in [0.25, 0.3) is 5.91 Å². The second-order valence-corrected chi connectivity index (χ2v) is 5.54. The Hall–Kier alpha value is -2.08. The Morgan fingerprint density at radius 1 is 1.26 bits per heavy atom. The first-order chi connectivity index (χ1) is 11.0. The van der Waals surface area contributed by atoms with Crippen LogP contribution in [0.4, 0.5) is 0 Å². The van der Waals surface area contributed by atoms with Gasteiger partial charge < -0.3 is 16.8 Å². The Balaban J connectivity index is 2.70. The third-order valence-electron chi connectivity index (χ3n) is 3.52. The van der Waals surface area contributed by atoms with Crippen molar-refractivity contribution in [1.82, 2.24) is 5.32 Å². The lowest BCUT2D eigenvalue weighted by Gasteiger charge is -2.20. The number of nitrogens with two attached hydrogens (primary N) is 2. The number of aliphatic imine (C=N–C) groups is 1. The maximum absolute atomic E-state index is 12.2. The number of carbonyl (C=O) groups is 2. The summed E-state index contributed by atoms with van der Waals surface area (Å²) in [7, 11) is 0. The number of hydrogen-bond acceptors (Lipinski definition) is 3. The van der Waals surface area contributed by atoms with Crippen LogP contribution in [0.1, 0.15) is 30.1 Å². The monoisotopic (exact) mass is 338 g/mol. The fourth-order valence-corrected chi connectivity index (χ4v) is 2.15. The van der Waals surface area contributed by atoms with Gasteiger partial charge in [0.2, 0.25) is 5.91 Å². The molecule has 0 saturated heterocycles. The van der Waals surface area contributed by atoms with Crippen LogP contribution in [0.25, 0.3) is 0 Å². The molecule has 0 fully saturated rings. The van der Waals surface area contributed by atoms with Crippen LogP contribution in [0, 0.1) is 5.92 Å². The van der Waals surface area contributed by atoms with Crippen molar-refractivity contribution >= 4 is 29.3 Å². The van der Waals surface area contributed by atoms with Crippen molar-refractivity contribution in [2.24, 2.45) is 22.4 Å².